The summed E-state index contributed by atoms with van der Waals surface area (Å²) < 4.78 is 42.6. The number of benzene rings is 1. The van der Waals surface area contributed by atoms with Crippen LogP contribution in [0.4, 0.5) is 18.9 Å². The molecule has 0 bridgehead atoms. The van der Waals surface area contributed by atoms with Crippen molar-refractivity contribution >= 4 is 17.3 Å². The summed E-state index contributed by atoms with van der Waals surface area (Å²) in [6.45, 7) is 1.71. The molecule has 1 aromatic rings. The van der Waals surface area contributed by atoms with E-state index >= 15 is 0 Å². The van der Waals surface area contributed by atoms with Gasteiger partial charge in [0.2, 0.25) is 0 Å². The molecule has 1 unspecified atom stereocenters. The Kier molecular flexibility index (Phi) is 4.02. The number of halogens is 4. The third-order valence-corrected chi connectivity index (χ3v) is 3.29. The van der Waals surface area contributed by atoms with Crippen molar-refractivity contribution < 1.29 is 17.9 Å². The highest BCUT2D eigenvalue weighted by Gasteiger charge is 2.30. The van der Waals surface area contributed by atoms with E-state index in [1.807, 2.05) is 4.90 Å². The molecular formula is C12H13ClF3NO. The van der Waals surface area contributed by atoms with E-state index in [2.05, 4.69) is 0 Å². The van der Waals surface area contributed by atoms with E-state index in [0.29, 0.717) is 25.6 Å². The molecule has 2 nitrogen and oxygen atoms in total. The van der Waals surface area contributed by atoms with E-state index in [1.54, 1.807) is 0 Å². The second-order valence-electron chi connectivity index (χ2n) is 4.12. The van der Waals surface area contributed by atoms with Gasteiger partial charge in [-0.3, -0.25) is 0 Å². The van der Waals surface area contributed by atoms with E-state index in [9.17, 15) is 13.2 Å². The van der Waals surface area contributed by atoms with Crippen molar-refractivity contribution in [1.29, 1.82) is 0 Å². The fraction of sp³-hybridized carbons (Fsp3) is 0.500. The lowest BCUT2D eigenvalue weighted by molar-refractivity contribution is -0.137. The van der Waals surface area contributed by atoms with Gasteiger partial charge in [0.05, 0.1) is 24.8 Å². The first-order valence-corrected chi connectivity index (χ1v) is 6.13. The van der Waals surface area contributed by atoms with Gasteiger partial charge in [-0.15, -0.1) is 11.6 Å². The zero-order valence-corrected chi connectivity index (χ0v) is 10.3. The van der Waals surface area contributed by atoms with Crippen LogP contribution in [-0.2, 0) is 10.9 Å². The predicted octanol–water partition coefficient (Wildman–Crippen LogP) is 3.15. The molecule has 1 heterocycles. The number of rotatable bonds is 2. The number of hydrogen-bond acceptors (Lipinski definition) is 2. The maximum atomic E-state index is 12.4. The molecule has 1 aliphatic heterocycles. The van der Waals surface area contributed by atoms with Crippen molar-refractivity contribution in [3.63, 3.8) is 0 Å². The maximum Gasteiger partial charge on any atom is 0.416 e. The summed E-state index contributed by atoms with van der Waals surface area (Å²) in [6.07, 6.45) is -4.30. The molecule has 100 valence electrons. The Labute approximate surface area is 108 Å². The van der Waals surface area contributed by atoms with Gasteiger partial charge in [0.15, 0.2) is 0 Å². The van der Waals surface area contributed by atoms with Crippen molar-refractivity contribution in [3.8, 4) is 0 Å². The van der Waals surface area contributed by atoms with Crippen molar-refractivity contribution in [3.05, 3.63) is 29.8 Å². The second kappa shape index (κ2) is 5.36. The number of hydrogen-bond donors (Lipinski definition) is 0. The molecule has 0 saturated carbocycles. The van der Waals surface area contributed by atoms with Crippen LogP contribution in [0.25, 0.3) is 0 Å². The normalized spacial score (nSPS) is 21.1. The van der Waals surface area contributed by atoms with Gasteiger partial charge >= 0.3 is 6.18 Å². The number of morpholine rings is 1. The maximum absolute atomic E-state index is 12.4. The minimum absolute atomic E-state index is 0.0113. The second-order valence-corrected chi connectivity index (χ2v) is 4.43. The lowest BCUT2D eigenvalue weighted by atomic mass is 10.1. The topological polar surface area (TPSA) is 12.5 Å². The Morgan fingerprint density at radius 1 is 1.28 bits per heavy atom. The molecular weight excluding hydrogens is 267 g/mol. The first kappa shape index (κ1) is 13.5. The Balaban J connectivity index is 2.18. The van der Waals surface area contributed by atoms with Crippen molar-refractivity contribution in [1.82, 2.24) is 0 Å². The fourth-order valence-corrected chi connectivity index (χ4v) is 2.22. The lowest BCUT2D eigenvalue weighted by Crippen LogP contribution is -2.46. The quantitative estimate of drug-likeness (QED) is 0.771. The average Bonchev–Trinajstić information content (AvgIpc) is 2.38. The molecule has 18 heavy (non-hydrogen) atoms. The van der Waals surface area contributed by atoms with Gasteiger partial charge in [-0.05, 0) is 24.3 Å². The number of anilines is 1. The molecule has 1 saturated heterocycles. The first-order chi connectivity index (χ1) is 8.52. The Hall–Kier alpha value is -0.940. The Morgan fingerprint density at radius 3 is 2.50 bits per heavy atom. The number of ether oxygens (including phenoxy) is 1. The molecule has 0 spiro atoms. The van der Waals surface area contributed by atoms with Gasteiger partial charge in [-0.1, -0.05) is 0 Å². The minimum atomic E-state index is -4.30. The Bertz CT molecular complexity index is 393. The summed E-state index contributed by atoms with van der Waals surface area (Å²) in [7, 11) is 0. The van der Waals surface area contributed by atoms with Gasteiger partial charge in [-0.2, -0.15) is 13.2 Å². The van der Waals surface area contributed by atoms with Crippen molar-refractivity contribution in [2.24, 2.45) is 0 Å². The highest BCUT2D eigenvalue weighted by molar-refractivity contribution is 6.18. The summed E-state index contributed by atoms with van der Waals surface area (Å²) in [5, 5.41) is 0. The molecule has 0 N–H and O–H groups in total. The summed E-state index contributed by atoms with van der Waals surface area (Å²) in [4.78, 5) is 1.98. The standard InChI is InChI=1S/C12H13ClF3NO/c13-7-11-8-18-6-5-17(11)10-3-1-9(2-4-10)12(14,15)16/h1-4,11H,5-8H2. The highest BCUT2D eigenvalue weighted by Crippen LogP contribution is 2.31. The third kappa shape index (κ3) is 2.90. The fourth-order valence-electron chi connectivity index (χ4n) is 1.96. The van der Waals surface area contributed by atoms with Crippen LogP contribution in [0.1, 0.15) is 5.56 Å². The van der Waals surface area contributed by atoms with Crippen LogP contribution in [0.2, 0.25) is 0 Å². The van der Waals surface area contributed by atoms with Crippen LogP contribution in [0.15, 0.2) is 24.3 Å². The van der Waals surface area contributed by atoms with Gasteiger partial charge < -0.3 is 9.64 Å². The molecule has 0 amide bonds. The number of nitrogens with zero attached hydrogens (tertiary/aromatic N) is 1. The molecule has 1 aromatic carbocycles. The third-order valence-electron chi connectivity index (χ3n) is 2.93. The summed E-state index contributed by atoms with van der Waals surface area (Å²) in [5.74, 6) is 0.390. The predicted molar refractivity (Wildman–Crippen MR) is 64.1 cm³/mol. The van der Waals surface area contributed by atoms with E-state index in [0.717, 1.165) is 17.8 Å². The monoisotopic (exact) mass is 279 g/mol. The van der Waals surface area contributed by atoms with E-state index in [4.69, 9.17) is 16.3 Å². The van der Waals surface area contributed by atoms with Crippen molar-refractivity contribution in [2.75, 3.05) is 30.5 Å². The van der Waals surface area contributed by atoms with Crippen molar-refractivity contribution in [2.45, 2.75) is 12.2 Å². The van der Waals surface area contributed by atoms with Crippen LogP contribution in [0.3, 0.4) is 0 Å². The minimum Gasteiger partial charge on any atom is -0.377 e. The number of alkyl halides is 4. The summed E-state index contributed by atoms with van der Waals surface area (Å²) >= 11 is 5.83. The van der Waals surface area contributed by atoms with Crippen LogP contribution < -0.4 is 4.90 Å². The molecule has 1 fully saturated rings. The molecule has 2 rings (SSSR count). The smallest absolute Gasteiger partial charge is 0.377 e. The van der Waals surface area contributed by atoms with Gasteiger partial charge in [0, 0.05) is 18.1 Å². The Morgan fingerprint density at radius 2 is 1.94 bits per heavy atom. The zero-order chi connectivity index (χ0) is 13.2. The molecule has 6 heteroatoms. The molecule has 0 aliphatic carbocycles. The first-order valence-electron chi connectivity index (χ1n) is 5.60. The van der Waals surface area contributed by atoms with Gasteiger partial charge in [0.25, 0.3) is 0 Å². The van der Waals surface area contributed by atoms with Gasteiger partial charge in [-0.25, -0.2) is 0 Å². The highest BCUT2D eigenvalue weighted by atomic mass is 35.5. The largest absolute Gasteiger partial charge is 0.416 e. The molecule has 1 aliphatic rings. The molecule has 1 atom stereocenters. The summed E-state index contributed by atoms with van der Waals surface area (Å²) in [5.41, 5.74) is 0.110. The lowest BCUT2D eigenvalue weighted by Gasteiger charge is -2.36. The molecule has 0 radical (unpaired) electrons. The van der Waals surface area contributed by atoms with Gasteiger partial charge in [0.1, 0.15) is 0 Å². The van der Waals surface area contributed by atoms with E-state index in [1.165, 1.54) is 12.1 Å². The average molecular weight is 280 g/mol. The van der Waals surface area contributed by atoms with Crippen LogP contribution in [0.5, 0.6) is 0 Å². The van der Waals surface area contributed by atoms with E-state index < -0.39 is 11.7 Å². The van der Waals surface area contributed by atoms with Crippen LogP contribution in [0, 0.1) is 0 Å². The van der Waals surface area contributed by atoms with Crippen LogP contribution in [-0.4, -0.2) is 31.7 Å². The van der Waals surface area contributed by atoms with E-state index in [-0.39, 0.29) is 6.04 Å². The SMILES string of the molecule is FC(F)(F)c1ccc(N2CCOCC2CCl)cc1. The zero-order valence-electron chi connectivity index (χ0n) is 9.58. The van der Waals surface area contributed by atoms with Crippen LogP contribution >= 0.6 is 11.6 Å². The molecule has 0 aromatic heterocycles. The summed E-state index contributed by atoms with van der Waals surface area (Å²) in [6, 6.07) is 5.16.